The van der Waals surface area contributed by atoms with Crippen LogP contribution in [0.4, 0.5) is 5.69 Å². The summed E-state index contributed by atoms with van der Waals surface area (Å²) in [6.07, 6.45) is 4.15. The van der Waals surface area contributed by atoms with Crippen molar-refractivity contribution < 1.29 is 23.9 Å². The molecule has 0 saturated carbocycles. The summed E-state index contributed by atoms with van der Waals surface area (Å²) in [6, 6.07) is 9.11. The number of amides is 1. The monoisotopic (exact) mass is 660 g/mol. The second-order valence-electron chi connectivity index (χ2n) is 9.96. The number of carbonyl (C=O) groups is 3. The molecule has 1 amide bonds. The van der Waals surface area contributed by atoms with Gasteiger partial charge in [0.15, 0.2) is 29.7 Å². The number of benzene rings is 2. The number of Topliss-reactive ketones (excluding diaryl/α,β-unsaturated/α-hetero) is 2. The maximum absolute atomic E-state index is 13.2. The molecule has 0 atom stereocenters. The molecule has 3 aliphatic rings. The van der Waals surface area contributed by atoms with E-state index in [0.29, 0.717) is 52.8 Å². The van der Waals surface area contributed by atoms with Crippen molar-refractivity contribution >= 4 is 57.4 Å². The lowest BCUT2D eigenvalue weighted by molar-refractivity contribution is -0.118. The Kier molecular flexibility index (Phi) is 8.32. The second-order valence-corrected chi connectivity index (χ2v) is 11.5. The highest BCUT2D eigenvalue weighted by atomic mass is 127. The molecular formula is C30H30ClIN2O5. The first-order valence-electron chi connectivity index (χ1n) is 13.2. The molecule has 0 unspecified atom stereocenters. The number of halogens is 2. The summed E-state index contributed by atoms with van der Waals surface area (Å²) in [4.78, 5) is 39.0. The van der Waals surface area contributed by atoms with Crippen molar-refractivity contribution in [2.75, 3.05) is 18.5 Å². The zero-order valence-electron chi connectivity index (χ0n) is 21.9. The SMILES string of the molecule is CCOc1cc(C2C3=C(CCCC3=O)NC3=C2C(=O)CCC3)cc(I)c1OCC(=O)Nc1ccc(C)c(Cl)c1. The molecule has 0 fully saturated rings. The molecule has 0 aromatic heterocycles. The fourth-order valence-electron chi connectivity index (χ4n) is 5.48. The fourth-order valence-corrected chi connectivity index (χ4v) is 6.44. The van der Waals surface area contributed by atoms with Crippen LogP contribution in [0.15, 0.2) is 52.9 Å². The smallest absolute Gasteiger partial charge is 0.262 e. The summed E-state index contributed by atoms with van der Waals surface area (Å²) in [7, 11) is 0. The summed E-state index contributed by atoms with van der Waals surface area (Å²) in [5, 5.41) is 6.82. The Labute approximate surface area is 246 Å². The molecule has 2 N–H and O–H groups in total. The van der Waals surface area contributed by atoms with Gasteiger partial charge in [0.2, 0.25) is 0 Å². The average Bonchev–Trinajstić information content (AvgIpc) is 2.89. The number of ketones is 2. The van der Waals surface area contributed by atoms with Crippen molar-refractivity contribution in [1.29, 1.82) is 0 Å². The van der Waals surface area contributed by atoms with Gasteiger partial charge < -0.3 is 20.1 Å². The number of ether oxygens (including phenoxy) is 2. The van der Waals surface area contributed by atoms with Gasteiger partial charge in [0, 0.05) is 52.0 Å². The van der Waals surface area contributed by atoms with E-state index < -0.39 is 5.92 Å². The van der Waals surface area contributed by atoms with Gasteiger partial charge in [0.05, 0.1) is 10.2 Å². The minimum atomic E-state index is -0.437. The summed E-state index contributed by atoms with van der Waals surface area (Å²) >= 11 is 8.34. The Morgan fingerprint density at radius 3 is 2.31 bits per heavy atom. The number of rotatable bonds is 7. The molecule has 0 spiro atoms. The highest BCUT2D eigenvalue weighted by Gasteiger charge is 2.40. The lowest BCUT2D eigenvalue weighted by atomic mass is 9.71. The van der Waals surface area contributed by atoms with Gasteiger partial charge in [-0.3, -0.25) is 14.4 Å². The first-order chi connectivity index (χ1) is 18.8. The van der Waals surface area contributed by atoms with Crippen LogP contribution >= 0.6 is 34.2 Å². The van der Waals surface area contributed by atoms with Crippen LogP contribution in [-0.2, 0) is 14.4 Å². The number of carbonyl (C=O) groups excluding carboxylic acids is 3. The molecular weight excluding hydrogens is 631 g/mol. The zero-order valence-corrected chi connectivity index (χ0v) is 24.8. The van der Waals surface area contributed by atoms with Crippen molar-refractivity contribution in [2.45, 2.75) is 58.3 Å². The van der Waals surface area contributed by atoms with Crippen LogP contribution in [0.5, 0.6) is 11.5 Å². The van der Waals surface area contributed by atoms with Gasteiger partial charge in [0.1, 0.15) is 0 Å². The topological polar surface area (TPSA) is 93.7 Å². The maximum Gasteiger partial charge on any atom is 0.262 e. The fraction of sp³-hybridized carbons (Fsp3) is 0.367. The molecule has 5 rings (SSSR count). The van der Waals surface area contributed by atoms with Crippen molar-refractivity contribution in [3.63, 3.8) is 0 Å². The van der Waals surface area contributed by atoms with Crippen LogP contribution in [-0.4, -0.2) is 30.7 Å². The number of hydrogen-bond acceptors (Lipinski definition) is 6. The second kappa shape index (κ2) is 11.7. The van der Waals surface area contributed by atoms with E-state index in [-0.39, 0.29) is 24.1 Å². The van der Waals surface area contributed by atoms with Gasteiger partial charge in [-0.15, -0.1) is 0 Å². The summed E-state index contributed by atoms with van der Waals surface area (Å²) < 4.78 is 12.6. The van der Waals surface area contributed by atoms with Crippen LogP contribution in [0.25, 0.3) is 0 Å². The minimum Gasteiger partial charge on any atom is -0.490 e. The number of dihydropyridines is 1. The molecule has 2 aromatic rings. The summed E-state index contributed by atoms with van der Waals surface area (Å²) in [5.74, 6) is 0.314. The van der Waals surface area contributed by atoms with E-state index in [9.17, 15) is 14.4 Å². The van der Waals surface area contributed by atoms with E-state index in [4.69, 9.17) is 21.1 Å². The third-order valence-electron chi connectivity index (χ3n) is 7.26. The number of aryl methyl sites for hydroxylation is 1. The van der Waals surface area contributed by atoms with E-state index in [1.54, 1.807) is 12.1 Å². The van der Waals surface area contributed by atoms with Gasteiger partial charge in [-0.05, 0) is 97.5 Å². The van der Waals surface area contributed by atoms with Crippen molar-refractivity contribution in [1.82, 2.24) is 5.32 Å². The van der Waals surface area contributed by atoms with Crippen LogP contribution in [0.1, 0.15) is 62.5 Å². The number of anilines is 1. The third kappa shape index (κ3) is 5.72. The van der Waals surface area contributed by atoms with Crippen LogP contribution in [0, 0.1) is 10.5 Å². The molecule has 2 aliphatic carbocycles. The Bertz CT molecular complexity index is 1390. The number of nitrogens with one attached hydrogen (secondary N) is 2. The molecule has 204 valence electrons. The van der Waals surface area contributed by atoms with E-state index in [2.05, 4.69) is 33.2 Å². The van der Waals surface area contributed by atoms with E-state index in [0.717, 1.165) is 51.8 Å². The predicted molar refractivity (Wildman–Crippen MR) is 158 cm³/mol. The maximum atomic E-state index is 13.2. The van der Waals surface area contributed by atoms with Gasteiger partial charge in [-0.25, -0.2) is 0 Å². The lowest BCUT2D eigenvalue weighted by Gasteiger charge is -2.37. The van der Waals surface area contributed by atoms with Crippen LogP contribution in [0.2, 0.25) is 5.02 Å². The molecule has 1 aliphatic heterocycles. The highest BCUT2D eigenvalue weighted by molar-refractivity contribution is 14.1. The number of allylic oxidation sites excluding steroid dienone is 4. The highest BCUT2D eigenvalue weighted by Crippen LogP contribution is 2.47. The van der Waals surface area contributed by atoms with Crippen molar-refractivity contribution in [3.05, 3.63) is 72.6 Å². The molecule has 9 heteroatoms. The Hall–Kier alpha value is -2.85. The molecule has 0 radical (unpaired) electrons. The Balaban J connectivity index is 1.46. The van der Waals surface area contributed by atoms with E-state index in [1.165, 1.54) is 0 Å². The van der Waals surface area contributed by atoms with Crippen molar-refractivity contribution in [2.24, 2.45) is 0 Å². The Morgan fingerprint density at radius 1 is 1.03 bits per heavy atom. The summed E-state index contributed by atoms with van der Waals surface area (Å²) in [6.45, 7) is 3.93. The number of hydrogen-bond donors (Lipinski definition) is 2. The lowest BCUT2D eigenvalue weighted by Crippen LogP contribution is -2.36. The first kappa shape index (κ1) is 27.7. The van der Waals surface area contributed by atoms with E-state index in [1.807, 2.05) is 32.0 Å². The zero-order chi connectivity index (χ0) is 27.7. The first-order valence-corrected chi connectivity index (χ1v) is 14.7. The third-order valence-corrected chi connectivity index (χ3v) is 8.47. The molecule has 39 heavy (non-hydrogen) atoms. The molecule has 0 bridgehead atoms. The normalized spacial score (nSPS) is 17.4. The van der Waals surface area contributed by atoms with Gasteiger partial charge in [-0.2, -0.15) is 0 Å². The molecule has 7 nitrogen and oxygen atoms in total. The van der Waals surface area contributed by atoms with E-state index >= 15 is 0 Å². The quantitative estimate of drug-likeness (QED) is 0.336. The average molecular weight is 661 g/mol. The standard InChI is InChI=1S/C30H30ClIN2O5/c1-3-38-25-13-17(12-20(32)30(25)39-15-26(37)33-18-11-10-16(2)19(31)14-18)27-28-21(6-4-8-23(28)35)34-22-7-5-9-24(36)29(22)27/h10-14,27,34H,3-9,15H2,1-2H3,(H,33,37). The molecule has 0 saturated heterocycles. The van der Waals surface area contributed by atoms with Crippen LogP contribution < -0.4 is 20.1 Å². The predicted octanol–water partition coefficient (Wildman–Crippen LogP) is 6.37. The Morgan fingerprint density at radius 2 is 1.69 bits per heavy atom. The van der Waals surface area contributed by atoms with Gasteiger partial charge >= 0.3 is 0 Å². The summed E-state index contributed by atoms with van der Waals surface area (Å²) in [5.41, 5.74) is 5.59. The van der Waals surface area contributed by atoms with Crippen molar-refractivity contribution in [3.8, 4) is 11.5 Å². The van der Waals surface area contributed by atoms with Gasteiger partial charge in [-0.1, -0.05) is 17.7 Å². The van der Waals surface area contributed by atoms with Crippen LogP contribution in [0.3, 0.4) is 0 Å². The largest absolute Gasteiger partial charge is 0.490 e. The van der Waals surface area contributed by atoms with Gasteiger partial charge in [0.25, 0.3) is 5.91 Å². The molecule has 2 aromatic carbocycles. The minimum absolute atomic E-state index is 0.0832. The molecule has 1 heterocycles.